The van der Waals surface area contributed by atoms with Crippen LogP contribution in [-0.2, 0) is 6.18 Å². The summed E-state index contributed by atoms with van der Waals surface area (Å²) in [6.07, 6.45) is -4.31. The molecular formula is C12H14BrF3N2. The first-order valence-corrected chi connectivity index (χ1v) is 6.52. The van der Waals surface area contributed by atoms with Crippen LogP contribution in [0.5, 0.6) is 0 Å². The summed E-state index contributed by atoms with van der Waals surface area (Å²) < 4.78 is 38.7. The van der Waals surface area contributed by atoms with Crippen molar-refractivity contribution in [2.24, 2.45) is 0 Å². The summed E-state index contributed by atoms with van der Waals surface area (Å²) in [5, 5.41) is 3.22. The van der Waals surface area contributed by atoms with Crippen LogP contribution in [0.15, 0.2) is 22.7 Å². The first kappa shape index (κ1) is 13.7. The van der Waals surface area contributed by atoms with Gasteiger partial charge in [-0.1, -0.05) is 15.9 Å². The number of nitrogens with one attached hydrogen (secondary N) is 1. The van der Waals surface area contributed by atoms with Gasteiger partial charge in [0, 0.05) is 35.8 Å². The third-order valence-electron chi connectivity index (χ3n) is 3.04. The van der Waals surface area contributed by atoms with Crippen molar-refractivity contribution in [1.29, 1.82) is 0 Å². The summed E-state index contributed by atoms with van der Waals surface area (Å²) >= 11 is 3.15. The molecule has 1 unspecified atom stereocenters. The molecule has 2 rings (SSSR count). The molecule has 100 valence electrons. The van der Waals surface area contributed by atoms with Crippen LogP contribution < -0.4 is 10.2 Å². The summed E-state index contributed by atoms with van der Waals surface area (Å²) in [7, 11) is 0. The number of piperazine rings is 1. The van der Waals surface area contributed by atoms with E-state index in [4.69, 9.17) is 0 Å². The van der Waals surface area contributed by atoms with Crippen molar-refractivity contribution in [3.05, 3.63) is 28.2 Å². The zero-order valence-electron chi connectivity index (χ0n) is 9.89. The van der Waals surface area contributed by atoms with Crippen molar-refractivity contribution in [2.75, 3.05) is 24.5 Å². The van der Waals surface area contributed by atoms with Crippen molar-refractivity contribution in [2.45, 2.75) is 19.1 Å². The Bertz CT molecular complexity index is 434. The minimum absolute atomic E-state index is 0.189. The third kappa shape index (κ3) is 2.98. The van der Waals surface area contributed by atoms with Crippen LogP contribution in [0.25, 0.3) is 0 Å². The summed E-state index contributed by atoms with van der Waals surface area (Å²) in [5.74, 6) is 0. The Morgan fingerprint density at radius 2 is 2.06 bits per heavy atom. The van der Waals surface area contributed by atoms with Crippen LogP contribution in [0.3, 0.4) is 0 Å². The molecule has 0 aromatic heterocycles. The Labute approximate surface area is 112 Å². The molecule has 1 aromatic carbocycles. The molecule has 1 saturated heterocycles. The molecule has 1 aliphatic heterocycles. The van der Waals surface area contributed by atoms with Crippen LogP contribution >= 0.6 is 15.9 Å². The Balaban J connectivity index is 2.35. The quantitative estimate of drug-likeness (QED) is 0.853. The topological polar surface area (TPSA) is 15.3 Å². The first-order valence-electron chi connectivity index (χ1n) is 5.73. The van der Waals surface area contributed by atoms with E-state index in [0.29, 0.717) is 10.2 Å². The fraction of sp³-hybridized carbons (Fsp3) is 0.500. The van der Waals surface area contributed by atoms with Gasteiger partial charge >= 0.3 is 6.18 Å². The highest BCUT2D eigenvalue weighted by atomic mass is 79.9. The molecule has 1 aliphatic rings. The lowest BCUT2D eigenvalue weighted by molar-refractivity contribution is -0.137. The van der Waals surface area contributed by atoms with Crippen LogP contribution in [0, 0.1) is 0 Å². The van der Waals surface area contributed by atoms with Gasteiger partial charge in [0.15, 0.2) is 0 Å². The fourth-order valence-corrected chi connectivity index (χ4v) is 2.61. The highest BCUT2D eigenvalue weighted by Gasteiger charge is 2.32. The Hall–Kier alpha value is -0.750. The Kier molecular flexibility index (Phi) is 3.87. The normalized spacial score (nSPS) is 21.2. The molecule has 0 aliphatic carbocycles. The van der Waals surface area contributed by atoms with Gasteiger partial charge in [0.25, 0.3) is 0 Å². The molecule has 18 heavy (non-hydrogen) atoms. The largest absolute Gasteiger partial charge is 0.416 e. The van der Waals surface area contributed by atoms with E-state index in [1.807, 2.05) is 11.8 Å². The van der Waals surface area contributed by atoms with Crippen molar-refractivity contribution < 1.29 is 13.2 Å². The standard InChI is InChI=1S/C12H14BrF3N2/c1-8-7-17-2-3-18(8)11-5-9(12(14,15)16)4-10(13)6-11/h4-6,8,17H,2-3,7H2,1H3. The number of benzene rings is 1. The van der Waals surface area contributed by atoms with Crippen molar-refractivity contribution in [1.82, 2.24) is 5.32 Å². The van der Waals surface area contributed by atoms with E-state index in [1.165, 1.54) is 6.07 Å². The van der Waals surface area contributed by atoms with E-state index in [0.717, 1.165) is 25.7 Å². The minimum Gasteiger partial charge on any atom is -0.366 e. The predicted octanol–water partition coefficient (Wildman–Crippen LogP) is 3.27. The molecule has 1 heterocycles. The van der Waals surface area contributed by atoms with Gasteiger partial charge in [0.1, 0.15) is 0 Å². The number of halogens is 4. The average Bonchev–Trinajstić information content (AvgIpc) is 2.27. The minimum atomic E-state index is -4.31. The lowest BCUT2D eigenvalue weighted by Crippen LogP contribution is -2.50. The lowest BCUT2D eigenvalue weighted by Gasteiger charge is -2.36. The zero-order chi connectivity index (χ0) is 13.3. The maximum atomic E-state index is 12.8. The highest BCUT2D eigenvalue weighted by Crippen LogP contribution is 2.35. The summed E-state index contributed by atoms with van der Waals surface area (Å²) in [4.78, 5) is 2.00. The van der Waals surface area contributed by atoms with Gasteiger partial charge in [-0.25, -0.2) is 0 Å². The summed E-state index contributed by atoms with van der Waals surface area (Å²) in [6.45, 7) is 4.29. The van der Waals surface area contributed by atoms with Gasteiger partial charge < -0.3 is 10.2 Å². The summed E-state index contributed by atoms with van der Waals surface area (Å²) in [6, 6.07) is 4.24. The number of rotatable bonds is 1. The van der Waals surface area contributed by atoms with Crippen molar-refractivity contribution >= 4 is 21.6 Å². The SMILES string of the molecule is CC1CNCCN1c1cc(Br)cc(C(F)(F)F)c1. The van der Waals surface area contributed by atoms with Gasteiger partial charge in [0.2, 0.25) is 0 Å². The predicted molar refractivity (Wildman–Crippen MR) is 68.8 cm³/mol. The maximum Gasteiger partial charge on any atom is 0.416 e. The van der Waals surface area contributed by atoms with Crippen LogP contribution in [-0.4, -0.2) is 25.7 Å². The van der Waals surface area contributed by atoms with Gasteiger partial charge in [-0.15, -0.1) is 0 Å². The lowest BCUT2D eigenvalue weighted by atomic mass is 10.1. The van der Waals surface area contributed by atoms with E-state index >= 15 is 0 Å². The molecular weight excluding hydrogens is 309 g/mol. The average molecular weight is 323 g/mol. The number of hydrogen-bond acceptors (Lipinski definition) is 2. The maximum absolute atomic E-state index is 12.8. The molecule has 0 radical (unpaired) electrons. The molecule has 6 heteroatoms. The Morgan fingerprint density at radius 1 is 1.33 bits per heavy atom. The molecule has 2 nitrogen and oxygen atoms in total. The second kappa shape index (κ2) is 5.09. The number of hydrogen-bond donors (Lipinski definition) is 1. The number of nitrogens with zero attached hydrogens (tertiary/aromatic N) is 1. The fourth-order valence-electron chi connectivity index (χ4n) is 2.13. The number of anilines is 1. The van der Waals surface area contributed by atoms with Gasteiger partial charge in [-0.05, 0) is 25.1 Å². The number of alkyl halides is 3. The van der Waals surface area contributed by atoms with Gasteiger partial charge in [-0.2, -0.15) is 13.2 Å². The van der Waals surface area contributed by atoms with Crippen LogP contribution in [0.4, 0.5) is 18.9 Å². The second-order valence-electron chi connectivity index (χ2n) is 4.44. The molecule has 0 spiro atoms. The van der Waals surface area contributed by atoms with Gasteiger partial charge in [0.05, 0.1) is 5.56 Å². The molecule has 0 bridgehead atoms. The highest BCUT2D eigenvalue weighted by molar-refractivity contribution is 9.10. The first-order chi connectivity index (χ1) is 8.38. The molecule has 1 N–H and O–H groups in total. The van der Waals surface area contributed by atoms with E-state index in [-0.39, 0.29) is 6.04 Å². The van der Waals surface area contributed by atoms with Crippen molar-refractivity contribution in [3.8, 4) is 0 Å². The molecule has 1 atom stereocenters. The van der Waals surface area contributed by atoms with E-state index in [2.05, 4.69) is 21.2 Å². The zero-order valence-corrected chi connectivity index (χ0v) is 11.5. The third-order valence-corrected chi connectivity index (χ3v) is 3.50. The smallest absolute Gasteiger partial charge is 0.366 e. The van der Waals surface area contributed by atoms with E-state index in [1.54, 1.807) is 6.07 Å². The van der Waals surface area contributed by atoms with E-state index in [9.17, 15) is 13.2 Å². The molecule has 0 saturated carbocycles. The Morgan fingerprint density at radius 3 is 2.67 bits per heavy atom. The summed E-state index contributed by atoms with van der Waals surface area (Å²) in [5.41, 5.74) is 0.00306. The van der Waals surface area contributed by atoms with Crippen molar-refractivity contribution in [3.63, 3.8) is 0 Å². The molecule has 0 amide bonds. The molecule has 1 aromatic rings. The monoisotopic (exact) mass is 322 g/mol. The molecule has 1 fully saturated rings. The second-order valence-corrected chi connectivity index (χ2v) is 5.36. The van der Waals surface area contributed by atoms with Gasteiger partial charge in [-0.3, -0.25) is 0 Å². The van der Waals surface area contributed by atoms with Crippen LogP contribution in [0.2, 0.25) is 0 Å². The van der Waals surface area contributed by atoms with E-state index < -0.39 is 11.7 Å². The van der Waals surface area contributed by atoms with Crippen LogP contribution in [0.1, 0.15) is 12.5 Å².